The third kappa shape index (κ3) is 8.50. The highest BCUT2D eigenvalue weighted by Crippen LogP contribution is 2.29. The van der Waals surface area contributed by atoms with Gasteiger partial charge in [0, 0.05) is 17.9 Å². The number of nitrogens with zero attached hydrogens (tertiary/aromatic N) is 1. The van der Waals surface area contributed by atoms with Crippen molar-refractivity contribution in [1.82, 2.24) is 5.32 Å². The molecule has 2 atom stereocenters. The maximum Gasteiger partial charge on any atom is 0.407 e. The molecule has 2 unspecified atom stereocenters. The number of rotatable bonds is 13. The van der Waals surface area contributed by atoms with E-state index in [1.54, 1.807) is 30.8 Å². The highest BCUT2D eigenvalue weighted by atomic mass is 32.2. The van der Waals surface area contributed by atoms with Crippen LogP contribution in [0.25, 0.3) is 0 Å². The van der Waals surface area contributed by atoms with Crippen LogP contribution in [0.4, 0.5) is 10.5 Å². The maximum absolute atomic E-state index is 12.3. The standard InChI is InChI=1S/C21H34N2O4S/c1-5-7-8-9-10-11-18(6-2)22-21(24)27-16(3)19-13-12-17(15-28-4)14-20(19)23(25)26/h12-14,16,18H,5-11,15H2,1-4H3,(H,22,24). The van der Waals surface area contributed by atoms with Crippen LogP contribution in [0.1, 0.15) is 82.9 Å². The molecule has 7 heteroatoms. The number of carbonyl (C=O) groups excluding carboxylic acids is 1. The molecule has 0 aliphatic heterocycles. The van der Waals surface area contributed by atoms with Gasteiger partial charge in [-0.25, -0.2) is 4.79 Å². The van der Waals surface area contributed by atoms with Crippen molar-refractivity contribution in [3.05, 3.63) is 39.4 Å². The molecule has 6 nitrogen and oxygen atoms in total. The average Bonchev–Trinajstić information content (AvgIpc) is 2.66. The Labute approximate surface area is 173 Å². The first kappa shape index (κ1) is 24.3. The van der Waals surface area contributed by atoms with Crippen molar-refractivity contribution in [2.24, 2.45) is 0 Å². The van der Waals surface area contributed by atoms with E-state index in [1.165, 1.54) is 25.7 Å². The van der Waals surface area contributed by atoms with E-state index in [0.717, 1.165) is 24.8 Å². The van der Waals surface area contributed by atoms with Gasteiger partial charge in [0.15, 0.2) is 0 Å². The van der Waals surface area contributed by atoms with Gasteiger partial charge in [-0.1, -0.05) is 52.0 Å². The van der Waals surface area contributed by atoms with E-state index < -0.39 is 17.1 Å². The van der Waals surface area contributed by atoms with Crippen molar-refractivity contribution >= 4 is 23.5 Å². The predicted molar refractivity (Wildman–Crippen MR) is 116 cm³/mol. The van der Waals surface area contributed by atoms with Gasteiger partial charge in [0.05, 0.1) is 10.5 Å². The topological polar surface area (TPSA) is 81.5 Å². The second-order valence-electron chi connectivity index (χ2n) is 7.08. The molecule has 1 aromatic rings. The van der Waals surface area contributed by atoms with Crippen LogP contribution in [-0.4, -0.2) is 23.3 Å². The molecule has 0 aliphatic carbocycles. The molecule has 0 saturated heterocycles. The van der Waals surface area contributed by atoms with Gasteiger partial charge in [-0.2, -0.15) is 11.8 Å². The first-order valence-electron chi connectivity index (χ1n) is 10.2. The minimum Gasteiger partial charge on any atom is -0.441 e. The summed E-state index contributed by atoms with van der Waals surface area (Å²) in [4.78, 5) is 23.3. The number of carbonyl (C=O) groups is 1. The molecular weight excluding hydrogens is 376 g/mol. The van der Waals surface area contributed by atoms with Crippen LogP contribution in [0.2, 0.25) is 0 Å². The number of alkyl carbamates (subject to hydrolysis) is 1. The summed E-state index contributed by atoms with van der Waals surface area (Å²) in [6, 6.07) is 5.17. The molecule has 0 fully saturated rings. The average molecular weight is 411 g/mol. The van der Waals surface area contributed by atoms with E-state index in [1.807, 2.05) is 19.2 Å². The van der Waals surface area contributed by atoms with Crippen LogP contribution in [0.5, 0.6) is 0 Å². The van der Waals surface area contributed by atoms with Crippen molar-refractivity contribution < 1.29 is 14.5 Å². The number of unbranched alkanes of at least 4 members (excludes halogenated alkanes) is 4. The summed E-state index contributed by atoms with van der Waals surface area (Å²) in [6.07, 6.45) is 8.44. The van der Waals surface area contributed by atoms with Crippen LogP contribution in [0, 0.1) is 10.1 Å². The van der Waals surface area contributed by atoms with Crippen LogP contribution >= 0.6 is 11.8 Å². The Hall–Kier alpha value is -1.76. The van der Waals surface area contributed by atoms with Crippen molar-refractivity contribution in [2.75, 3.05) is 6.26 Å². The zero-order valence-corrected chi connectivity index (χ0v) is 18.3. The lowest BCUT2D eigenvalue weighted by Gasteiger charge is -2.19. The Kier molecular flexibility index (Phi) is 11.6. The molecule has 0 radical (unpaired) electrons. The number of nitrogens with one attached hydrogen (secondary N) is 1. The molecule has 1 amide bonds. The van der Waals surface area contributed by atoms with E-state index >= 15 is 0 Å². The maximum atomic E-state index is 12.3. The monoisotopic (exact) mass is 410 g/mol. The van der Waals surface area contributed by atoms with Crippen LogP contribution in [-0.2, 0) is 10.5 Å². The lowest BCUT2D eigenvalue weighted by molar-refractivity contribution is -0.386. The van der Waals surface area contributed by atoms with Crippen LogP contribution in [0.3, 0.4) is 0 Å². The number of hydrogen-bond acceptors (Lipinski definition) is 5. The molecule has 1 rings (SSSR count). The molecule has 0 aromatic heterocycles. The predicted octanol–water partition coefficient (Wildman–Crippen LogP) is 6.38. The zero-order valence-electron chi connectivity index (χ0n) is 17.5. The fourth-order valence-corrected chi connectivity index (χ4v) is 3.66. The van der Waals surface area contributed by atoms with E-state index in [2.05, 4.69) is 12.2 Å². The molecule has 0 saturated carbocycles. The van der Waals surface area contributed by atoms with Gasteiger partial charge in [-0.3, -0.25) is 10.1 Å². The fourth-order valence-electron chi connectivity index (χ4n) is 3.14. The van der Waals surface area contributed by atoms with Crippen molar-refractivity contribution in [1.29, 1.82) is 0 Å². The number of amides is 1. The number of nitro benzene ring substituents is 1. The Balaban J connectivity index is 2.64. The molecule has 0 bridgehead atoms. The molecule has 0 aliphatic rings. The highest BCUT2D eigenvalue weighted by molar-refractivity contribution is 7.97. The van der Waals surface area contributed by atoms with Crippen LogP contribution in [0.15, 0.2) is 18.2 Å². The van der Waals surface area contributed by atoms with Gasteiger partial charge in [-0.15, -0.1) is 0 Å². The lowest BCUT2D eigenvalue weighted by Crippen LogP contribution is -2.35. The van der Waals surface area contributed by atoms with Crippen molar-refractivity contribution in [2.45, 2.75) is 83.6 Å². The molecule has 0 spiro atoms. The summed E-state index contributed by atoms with van der Waals surface area (Å²) in [7, 11) is 0. The molecule has 28 heavy (non-hydrogen) atoms. The summed E-state index contributed by atoms with van der Waals surface area (Å²) in [5, 5.41) is 14.3. The number of nitro groups is 1. The smallest absolute Gasteiger partial charge is 0.407 e. The number of thioether (sulfide) groups is 1. The highest BCUT2D eigenvalue weighted by Gasteiger charge is 2.23. The summed E-state index contributed by atoms with van der Waals surface area (Å²) >= 11 is 1.60. The molecular formula is C21H34N2O4S. The number of benzene rings is 1. The third-order valence-electron chi connectivity index (χ3n) is 4.80. The van der Waals surface area contributed by atoms with E-state index in [9.17, 15) is 14.9 Å². The van der Waals surface area contributed by atoms with Gasteiger partial charge in [0.2, 0.25) is 0 Å². The number of hydrogen-bond donors (Lipinski definition) is 1. The van der Waals surface area contributed by atoms with Gasteiger partial charge in [0.1, 0.15) is 6.10 Å². The zero-order chi connectivity index (χ0) is 20.9. The van der Waals surface area contributed by atoms with Gasteiger partial charge >= 0.3 is 6.09 Å². The molecule has 1 N–H and O–H groups in total. The van der Waals surface area contributed by atoms with Crippen LogP contribution < -0.4 is 5.32 Å². The summed E-state index contributed by atoms with van der Waals surface area (Å²) in [5.41, 5.74) is 1.29. The minimum atomic E-state index is -0.689. The molecule has 0 heterocycles. The second kappa shape index (κ2) is 13.4. The van der Waals surface area contributed by atoms with E-state index in [-0.39, 0.29) is 11.7 Å². The van der Waals surface area contributed by atoms with E-state index in [4.69, 9.17) is 4.74 Å². The fraction of sp³-hybridized carbons (Fsp3) is 0.667. The minimum absolute atomic E-state index is 0.00480. The van der Waals surface area contributed by atoms with Gasteiger partial charge in [-0.05, 0) is 37.7 Å². The quantitative estimate of drug-likeness (QED) is 0.232. The summed E-state index contributed by atoms with van der Waals surface area (Å²) in [5.74, 6) is 0.702. The third-order valence-corrected chi connectivity index (χ3v) is 5.42. The largest absolute Gasteiger partial charge is 0.441 e. The second-order valence-corrected chi connectivity index (χ2v) is 7.95. The van der Waals surface area contributed by atoms with E-state index in [0.29, 0.717) is 11.3 Å². The Morgan fingerprint density at radius 3 is 2.57 bits per heavy atom. The Bertz CT molecular complexity index is 624. The summed E-state index contributed by atoms with van der Waals surface area (Å²) < 4.78 is 5.44. The van der Waals surface area contributed by atoms with Crippen molar-refractivity contribution in [3.8, 4) is 0 Å². The SMILES string of the molecule is CCCCCCCC(CC)NC(=O)OC(C)c1ccc(CSC)cc1[N+](=O)[O-]. The Morgan fingerprint density at radius 2 is 1.96 bits per heavy atom. The van der Waals surface area contributed by atoms with Gasteiger partial charge < -0.3 is 10.1 Å². The lowest BCUT2D eigenvalue weighted by atomic mass is 10.0. The first-order chi connectivity index (χ1) is 13.4. The molecule has 1 aromatic carbocycles. The van der Waals surface area contributed by atoms with Crippen molar-refractivity contribution in [3.63, 3.8) is 0 Å². The number of ether oxygens (including phenoxy) is 1. The molecule has 158 valence electrons. The van der Waals surface area contributed by atoms with Gasteiger partial charge in [0.25, 0.3) is 5.69 Å². The Morgan fingerprint density at radius 1 is 1.25 bits per heavy atom. The summed E-state index contributed by atoms with van der Waals surface area (Å²) in [6.45, 7) is 5.89. The normalized spacial score (nSPS) is 13.0. The first-order valence-corrected chi connectivity index (χ1v) is 11.6.